The van der Waals surface area contributed by atoms with Crippen molar-refractivity contribution in [3.8, 4) is 5.75 Å². The van der Waals surface area contributed by atoms with Crippen LogP contribution in [-0.2, 0) is 0 Å². The molecule has 0 aliphatic rings. The monoisotopic (exact) mass is 319 g/mol. The molecule has 74 valence electrons. The van der Waals surface area contributed by atoms with E-state index < -0.39 is 0 Å². The first-order valence-corrected chi connectivity index (χ1v) is 6.21. The molecule has 0 fully saturated rings. The number of ether oxygens (including phenoxy) is 1. The van der Waals surface area contributed by atoms with Crippen molar-refractivity contribution in [3.63, 3.8) is 0 Å². The van der Waals surface area contributed by atoms with Crippen LogP contribution < -0.4 is 10.5 Å². The van der Waals surface area contributed by atoms with Crippen LogP contribution in [0.25, 0.3) is 10.1 Å². The van der Waals surface area contributed by atoms with E-state index in [9.17, 15) is 0 Å². The summed E-state index contributed by atoms with van der Waals surface area (Å²) >= 11 is 4.05. The van der Waals surface area contributed by atoms with Crippen LogP contribution in [0.2, 0.25) is 0 Å². The Morgan fingerprint density at radius 1 is 1.43 bits per heavy atom. The van der Waals surface area contributed by atoms with Crippen LogP contribution in [-0.4, -0.2) is 6.61 Å². The highest BCUT2D eigenvalue weighted by atomic mass is 127. The van der Waals surface area contributed by atoms with E-state index in [1.165, 1.54) is 13.0 Å². The number of nitrogens with two attached hydrogens (primary N) is 1. The summed E-state index contributed by atoms with van der Waals surface area (Å²) in [6.45, 7) is 2.65. The Morgan fingerprint density at radius 2 is 2.21 bits per heavy atom. The number of rotatable bonds is 2. The molecule has 0 aliphatic carbocycles. The molecule has 1 heterocycles. The summed E-state index contributed by atoms with van der Waals surface area (Å²) < 4.78 is 7.98. The lowest BCUT2D eigenvalue weighted by molar-refractivity contribution is 0.345. The second kappa shape index (κ2) is 3.94. The highest BCUT2D eigenvalue weighted by Crippen LogP contribution is 2.36. The van der Waals surface area contributed by atoms with Crippen LogP contribution in [0.1, 0.15) is 6.92 Å². The fraction of sp³-hybridized carbons (Fsp3) is 0.200. The first-order chi connectivity index (χ1) is 6.70. The second-order valence-electron chi connectivity index (χ2n) is 2.92. The molecule has 4 heteroatoms. The maximum absolute atomic E-state index is 5.79. The van der Waals surface area contributed by atoms with Gasteiger partial charge in [-0.1, -0.05) is 0 Å². The van der Waals surface area contributed by atoms with Crippen molar-refractivity contribution < 1.29 is 4.74 Å². The Kier molecular flexibility index (Phi) is 2.83. The van der Waals surface area contributed by atoms with Gasteiger partial charge in [-0.2, -0.15) is 0 Å². The van der Waals surface area contributed by atoms with Gasteiger partial charge in [0.25, 0.3) is 0 Å². The van der Waals surface area contributed by atoms with Gasteiger partial charge in [0.15, 0.2) is 0 Å². The molecule has 0 amide bonds. The molecule has 2 aromatic rings. The summed E-state index contributed by atoms with van der Waals surface area (Å²) in [5.74, 6) is 0.899. The molecule has 0 saturated heterocycles. The fourth-order valence-electron chi connectivity index (χ4n) is 1.37. The molecule has 0 aliphatic heterocycles. The van der Waals surface area contributed by atoms with Gasteiger partial charge in [-0.25, -0.2) is 0 Å². The van der Waals surface area contributed by atoms with Gasteiger partial charge in [0.2, 0.25) is 0 Å². The van der Waals surface area contributed by atoms with E-state index in [0.717, 1.165) is 11.4 Å². The number of thiophene rings is 1. The summed E-state index contributed by atoms with van der Waals surface area (Å²) in [5.41, 5.74) is 6.55. The normalized spacial score (nSPS) is 10.7. The van der Waals surface area contributed by atoms with Crippen LogP contribution in [0, 0.1) is 2.88 Å². The molecule has 0 saturated carbocycles. The maximum atomic E-state index is 5.79. The van der Waals surface area contributed by atoms with Crippen molar-refractivity contribution in [1.29, 1.82) is 0 Å². The highest BCUT2D eigenvalue weighted by molar-refractivity contribution is 14.1. The minimum Gasteiger partial charge on any atom is -0.492 e. The van der Waals surface area contributed by atoms with E-state index in [-0.39, 0.29) is 0 Å². The fourth-order valence-corrected chi connectivity index (χ4v) is 3.21. The zero-order chi connectivity index (χ0) is 10.1. The lowest BCUT2D eigenvalue weighted by Crippen LogP contribution is -1.93. The third-order valence-corrected chi connectivity index (χ3v) is 3.80. The Bertz CT molecular complexity index is 466. The van der Waals surface area contributed by atoms with E-state index in [1.54, 1.807) is 11.3 Å². The number of anilines is 1. The van der Waals surface area contributed by atoms with Crippen molar-refractivity contribution in [3.05, 3.63) is 21.1 Å². The molecule has 0 radical (unpaired) electrons. The molecule has 0 unspecified atom stereocenters. The van der Waals surface area contributed by atoms with Crippen molar-refractivity contribution >= 4 is 49.7 Å². The minimum absolute atomic E-state index is 0.674. The number of hydrogen-bond donors (Lipinski definition) is 1. The standard InChI is InChI=1S/C10H10INOS/c1-2-13-8-5-7(12)3-6-4-9(11)14-10(6)8/h3-5H,2,12H2,1H3. The van der Waals surface area contributed by atoms with Gasteiger partial charge in [0.05, 0.1) is 14.2 Å². The highest BCUT2D eigenvalue weighted by Gasteiger charge is 2.07. The number of halogens is 1. The van der Waals surface area contributed by atoms with Crippen LogP contribution >= 0.6 is 33.9 Å². The minimum atomic E-state index is 0.674. The molecule has 2 N–H and O–H groups in total. The molecule has 0 atom stereocenters. The first-order valence-electron chi connectivity index (χ1n) is 4.32. The third-order valence-electron chi connectivity index (χ3n) is 1.87. The average molecular weight is 319 g/mol. The van der Waals surface area contributed by atoms with Crippen LogP contribution in [0.15, 0.2) is 18.2 Å². The van der Waals surface area contributed by atoms with Gasteiger partial charge in [0, 0.05) is 11.8 Å². The first kappa shape index (κ1) is 10.0. The summed E-state index contributed by atoms with van der Waals surface area (Å²) in [7, 11) is 0. The van der Waals surface area contributed by atoms with Crippen LogP contribution in [0.4, 0.5) is 5.69 Å². The van der Waals surface area contributed by atoms with E-state index in [4.69, 9.17) is 10.5 Å². The van der Waals surface area contributed by atoms with Gasteiger partial charge in [0.1, 0.15) is 5.75 Å². The van der Waals surface area contributed by atoms with E-state index in [2.05, 4.69) is 28.7 Å². The smallest absolute Gasteiger partial charge is 0.139 e. The third kappa shape index (κ3) is 1.81. The number of fused-ring (bicyclic) bond motifs is 1. The van der Waals surface area contributed by atoms with Crippen molar-refractivity contribution in [2.45, 2.75) is 6.92 Å². The van der Waals surface area contributed by atoms with Crippen molar-refractivity contribution in [2.75, 3.05) is 12.3 Å². The van der Waals surface area contributed by atoms with Crippen molar-refractivity contribution in [2.24, 2.45) is 0 Å². The van der Waals surface area contributed by atoms with Gasteiger partial charge >= 0.3 is 0 Å². The Morgan fingerprint density at radius 3 is 2.93 bits per heavy atom. The molecule has 2 nitrogen and oxygen atoms in total. The van der Waals surface area contributed by atoms with E-state index >= 15 is 0 Å². The molecule has 0 spiro atoms. The average Bonchev–Trinajstić information content (AvgIpc) is 2.45. The predicted molar refractivity (Wildman–Crippen MR) is 70.1 cm³/mol. The summed E-state index contributed by atoms with van der Waals surface area (Å²) in [6.07, 6.45) is 0. The van der Waals surface area contributed by atoms with Gasteiger partial charge in [-0.05, 0) is 47.0 Å². The quantitative estimate of drug-likeness (QED) is 0.679. The molecular weight excluding hydrogens is 309 g/mol. The summed E-state index contributed by atoms with van der Waals surface area (Å²) in [5, 5.41) is 1.17. The number of benzene rings is 1. The molecule has 1 aromatic carbocycles. The lowest BCUT2D eigenvalue weighted by atomic mass is 10.2. The van der Waals surface area contributed by atoms with Gasteiger partial charge in [-0.3, -0.25) is 0 Å². The number of nitrogen functional groups attached to an aromatic ring is 1. The predicted octanol–water partition coefficient (Wildman–Crippen LogP) is 3.49. The van der Waals surface area contributed by atoms with E-state index in [1.807, 2.05) is 19.1 Å². The summed E-state index contributed by atoms with van der Waals surface area (Å²) in [4.78, 5) is 0. The molecule has 2 rings (SSSR count). The van der Waals surface area contributed by atoms with Crippen molar-refractivity contribution in [1.82, 2.24) is 0 Å². The lowest BCUT2D eigenvalue weighted by Gasteiger charge is -2.05. The molecule has 1 aromatic heterocycles. The Labute approximate surface area is 100 Å². The molecule has 14 heavy (non-hydrogen) atoms. The zero-order valence-corrected chi connectivity index (χ0v) is 10.7. The Balaban J connectivity index is 2.66. The topological polar surface area (TPSA) is 35.2 Å². The second-order valence-corrected chi connectivity index (χ2v) is 5.87. The van der Waals surface area contributed by atoms with E-state index in [0.29, 0.717) is 6.61 Å². The van der Waals surface area contributed by atoms with Crippen LogP contribution in [0.5, 0.6) is 5.75 Å². The maximum Gasteiger partial charge on any atom is 0.139 e. The summed E-state index contributed by atoms with van der Waals surface area (Å²) in [6, 6.07) is 5.99. The Hall–Kier alpha value is -0.490. The largest absolute Gasteiger partial charge is 0.492 e. The van der Waals surface area contributed by atoms with Crippen LogP contribution in [0.3, 0.4) is 0 Å². The molecule has 0 bridgehead atoms. The zero-order valence-electron chi connectivity index (χ0n) is 7.71. The van der Waals surface area contributed by atoms with Gasteiger partial charge < -0.3 is 10.5 Å². The van der Waals surface area contributed by atoms with Gasteiger partial charge in [-0.15, -0.1) is 11.3 Å². The number of hydrogen-bond acceptors (Lipinski definition) is 3. The SMILES string of the molecule is CCOc1cc(N)cc2cc(I)sc12. The molecular formula is C10H10INOS.